The summed E-state index contributed by atoms with van der Waals surface area (Å²) in [5, 5.41) is 11.2. The molecule has 2 heterocycles. The van der Waals surface area contributed by atoms with Crippen molar-refractivity contribution in [3.63, 3.8) is 0 Å². The lowest BCUT2D eigenvalue weighted by Gasteiger charge is -2.31. The highest BCUT2D eigenvalue weighted by atomic mass is 35.5. The number of nitrogens with one attached hydrogen (secondary N) is 1. The molecule has 1 aliphatic heterocycles. The van der Waals surface area contributed by atoms with Crippen molar-refractivity contribution in [1.29, 1.82) is 0 Å². The number of thioether (sulfide) groups is 1. The molecule has 0 saturated heterocycles. The summed E-state index contributed by atoms with van der Waals surface area (Å²) < 4.78 is 21.1. The molecule has 2 unspecified atom stereocenters. The number of hydrogen-bond acceptors (Lipinski definition) is 6. The van der Waals surface area contributed by atoms with Gasteiger partial charge in [-0.1, -0.05) is 65.8 Å². The van der Waals surface area contributed by atoms with Crippen molar-refractivity contribution in [2.75, 3.05) is 0 Å². The van der Waals surface area contributed by atoms with Crippen LogP contribution in [-0.2, 0) is 6.61 Å². The topological polar surface area (TPSA) is 86.1 Å². The molecule has 10 heteroatoms. The molecule has 5 rings (SSSR count). The number of halogens is 2. The summed E-state index contributed by atoms with van der Waals surface area (Å²) >= 11 is 7.38. The van der Waals surface area contributed by atoms with E-state index in [0.29, 0.717) is 27.1 Å². The molecule has 3 aromatic carbocycles. The van der Waals surface area contributed by atoms with Crippen LogP contribution in [0.4, 0.5) is 4.39 Å². The van der Waals surface area contributed by atoms with Gasteiger partial charge in [0.2, 0.25) is 0 Å². The van der Waals surface area contributed by atoms with Crippen LogP contribution < -0.4 is 10.1 Å². The van der Waals surface area contributed by atoms with E-state index < -0.39 is 28.9 Å². The fraction of sp³-hybridized carbons (Fsp3) is 0.120. The van der Waals surface area contributed by atoms with Gasteiger partial charge in [-0.15, -0.1) is 10.2 Å². The van der Waals surface area contributed by atoms with E-state index in [1.54, 1.807) is 66.7 Å². The van der Waals surface area contributed by atoms with Gasteiger partial charge in [0.15, 0.2) is 11.0 Å². The van der Waals surface area contributed by atoms with Crippen molar-refractivity contribution >= 4 is 35.2 Å². The van der Waals surface area contributed by atoms with Crippen molar-refractivity contribution in [3.8, 4) is 5.75 Å². The van der Waals surface area contributed by atoms with Crippen molar-refractivity contribution in [1.82, 2.24) is 20.1 Å². The van der Waals surface area contributed by atoms with Gasteiger partial charge in [0.25, 0.3) is 11.8 Å². The first kappa shape index (κ1) is 23.1. The van der Waals surface area contributed by atoms with Gasteiger partial charge in [0.05, 0.1) is 10.3 Å². The summed E-state index contributed by atoms with van der Waals surface area (Å²) in [5.74, 6) is -0.607. The standard InChI is InChI=1S/C25H18ClFN4O3S/c26-18-11-4-5-12-19(18)34-14-20-29-30-25-31(20)24(33)21(28-23(32)15-7-2-1-3-8-15)22(35-25)16-9-6-10-17(27)13-16/h1-13,21-22H,14H2,(H,28,32). The number of hydrogen-bond donors (Lipinski definition) is 1. The fourth-order valence-corrected chi connectivity index (χ4v) is 5.15. The SMILES string of the molecule is O=C(NC1C(=O)n2c(COc3ccccc3Cl)nnc2SC1c1cccc(F)c1)c1ccccc1. The molecule has 1 N–H and O–H groups in total. The maximum Gasteiger partial charge on any atom is 0.258 e. The minimum Gasteiger partial charge on any atom is -0.484 e. The highest BCUT2D eigenvalue weighted by Crippen LogP contribution is 2.42. The molecule has 1 aromatic heterocycles. The number of para-hydroxylation sites is 1. The number of rotatable bonds is 6. The Kier molecular flexibility index (Phi) is 6.52. The average Bonchev–Trinajstić information content (AvgIpc) is 3.28. The highest BCUT2D eigenvalue weighted by Gasteiger charge is 2.41. The summed E-state index contributed by atoms with van der Waals surface area (Å²) in [6, 6.07) is 20.5. The van der Waals surface area contributed by atoms with Crippen LogP contribution in [0.2, 0.25) is 5.02 Å². The Balaban J connectivity index is 1.47. The van der Waals surface area contributed by atoms with E-state index in [-0.39, 0.29) is 12.4 Å². The van der Waals surface area contributed by atoms with Gasteiger partial charge in [-0.25, -0.2) is 8.96 Å². The zero-order valence-electron chi connectivity index (χ0n) is 18.1. The van der Waals surface area contributed by atoms with Crippen LogP contribution in [0.1, 0.15) is 31.8 Å². The third-order valence-electron chi connectivity index (χ3n) is 5.42. The summed E-state index contributed by atoms with van der Waals surface area (Å²) in [6.07, 6.45) is 0. The van der Waals surface area contributed by atoms with E-state index in [9.17, 15) is 14.0 Å². The number of benzene rings is 3. The van der Waals surface area contributed by atoms with Gasteiger partial charge >= 0.3 is 0 Å². The largest absolute Gasteiger partial charge is 0.484 e. The fourth-order valence-electron chi connectivity index (χ4n) is 3.74. The number of aromatic nitrogens is 3. The van der Waals surface area contributed by atoms with E-state index in [2.05, 4.69) is 15.5 Å². The predicted molar refractivity (Wildman–Crippen MR) is 129 cm³/mol. The average molecular weight is 509 g/mol. The number of carbonyl (C=O) groups excluding carboxylic acids is 2. The minimum atomic E-state index is -1.00. The molecule has 0 saturated carbocycles. The Labute approximate surface area is 209 Å². The lowest BCUT2D eigenvalue weighted by atomic mass is 10.0. The molecular weight excluding hydrogens is 491 g/mol. The first-order valence-corrected chi connectivity index (χ1v) is 11.9. The van der Waals surface area contributed by atoms with Crippen LogP contribution in [0.25, 0.3) is 0 Å². The molecule has 1 amide bonds. The van der Waals surface area contributed by atoms with Crippen LogP contribution in [0.3, 0.4) is 0 Å². The van der Waals surface area contributed by atoms with Crippen molar-refractivity contribution < 1.29 is 18.7 Å². The van der Waals surface area contributed by atoms with E-state index in [1.165, 1.54) is 28.5 Å². The molecule has 0 bridgehead atoms. The van der Waals surface area contributed by atoms with Crippen LogP contribution in [0, 0.1) is 5.82 Å². The van der Waals surface area contributed by atoms with E-state index in [0.717, 1.165) is 0 Å². The molecular formula is C25H18ClFN4O3S. The second-order valence-electron chi connectivity index (χ2n) is 7.70. The Morgan fingerprint density at radius 3 is 2.60 bits per heavy atom. The van der Waals surface area contributed by atoms with Crippen molar-refractivity contribution in [3.05, 3.63) is 107 Å². The zero-order valence-corrected chi connectivity index (χ0v) is 19.7. The predicted octanol–water partition coefficient (Wildman–Crippen LogP) is 4.94. The van der Waals surface area contributed by atoms with Crippen LogP contribution in [0.5, 0.6) is 5.75 Å². The third kappa shape index (κ3) is 4.78. The quantitative estimate of drug-likeness (QED) is 0.397. The van der Waals surface area contributed by atoms with Crippen molar-refractivity contribution in [2.45, 2.75) is 23.1 Å². The number of nitrogens with zero attached hydrogens (tertiary/aromatic N) is 3. The molecule has 0 fully saturated rings. The van der Waals surface area contributed by atoms with E-state index in [1.807, 2.05) is 0 Å². The van der Waals surface area contributed by atoms with Crippen LogP contribution in [-0.4, -0.2) is 32.6 Å². The molecule has 0 aliphatic carbocycles. The summed E-state index contributed by atoms with van der Waals surface area (Å²) in [5.41, 5.74) is 0.949. The highest BCUT2D eigenvalue weighted by molar-refractivity contribution is 7.99. The normalized spacial score (nSPS) is 17.0. The molecule has 4 aromatic rings. The molecule has 0 spiro atoms. The number of ether oxygens (including phenoxy) is 1. The van der Waals surface area contributed by atoms with Crippen LogP contribution in [0.15, 0.2) is 84.0 Å². The zero-order chi connectivity index (χ0) is 24.4. The smallest absolute Gasteiger partial charge is 0.258 e. The van der Waals surface area contributed by atoms with Gasteiger partial charge in [0.1, 0.15) is 24.2 Å². The summed E-state index contributed by atoms with van der Waals surface area (Å²) in [4.78, 5) is 26.7. The maximum absolute atomic E-state index is 14.0. The van der Waals surface area contributed by atoms with Gasteiger partial charge in [-0.3, -0.25) is 9.59 Å². The molecule has 2 atom stereocenters. The maximum atomic E-state index is 14.0. The number of fused-ring (bicyclic) bond motifs is 1. The van der Waals surface area contributed by atoms with Crippen molar-refractivity contribution in [2.24, 2.45) is 0 Å². The lowest BCUT2D eigenvalue weighted by Crippen LogP contribution is -2.49. The first-order chi connectivity index (χ1) is 17.0. The summed E-state index contributed by atoms with van der Waals surface area (Å²) in [7, 11) is 0. The molecule has 1 aliphatic rings. The lowest BCUT2D eigenvalue weighted by molar-refractivity contribution is 0.0781. The Bertz CT molecular complexity index is 1400. The molecule has 35 heavy (non-hydrogen) atoms. The monoisotopic (exact) mass is 508 g/mol. The molecule has 7 nitrogen and oxygen atoms in total. The molecule has 0 radical (unpaired) electrons. The number of amides is 1. The van der Waals surface area contributed by atoms with Crippen LogP contribution >= 0.6 is 23.4 Å². The van der Waals surface area contributed by atoms with Gasteiger partial charge in [-0.2, -0.15) is 0 Å². The Hall–Kier alpha value is -3.69. The van der Waals surface area contributed by atoms with E-state index >= 15 is 0 Å². The Morgan fingerprint density at radius 2 is 1.83 bits per heavy atom. The second-order valence-corrected chi connectivity index (χ2v) is 9.22. The first-order valence-electron chi connectivity index (χ1n) is 10.6. The number of carbonyl (C=O) groups is 2. The van der Waals surface area contributed by atoms with Gasteiger partial charge in [0, 0.05) is 5.56 Å². The minimum absolute atomic E-state index is 0.0625. The third-order valence-corrected chi connectivity index (χ3v) is 7.00. The van der Waals surface area contributed by atoms with Gasteiger partial charge in [-0.05, 0) is 42.0 Å². The summed E-state index contributed by atoms with van der Waals surface area (Å²) in [6.45, 7) is -0.0625. The molecule has 176 valence electrons. The Morgan fingerprint density at radius 1 is 1.06 bits per heavy atom. The van der Waals surface area contributed by atoms with Gasteiger partial charge < -0.3 is 10.1 Å². The van der Waals surface area contributed by atoms with E-state index in [4.69, 9.17) is 16.3 Å². The second kappa shape index (κ2) is 9.89.